The van der Waals surface area contributed by atoms with Crippen molar-refractivity contribution in [1.29, 1.82) is 0 Å². The van der Waals surface area contributed by atoms with Crippen LogP contribution in [0.2, 0.25) is 0 Å². The van der Waals surface area contributed by atoms with Gasteiger partial charge in [-0.15, -0.1) is 0 Å². The number of carbonyl (C=O) groups excluding carboxylic acids is 1. The first-order valence-electron chi connectivity index (χ1n) is 6.82. The van der Waals surface area contributed by atoms with Crippen molar-refractivity contribution in [2.45, 2.75) is 39.0 Å². The first-order valence-corrected chi connectivity index (χ1v) is 7.98. The third-order valence-electron chi connectivity index (χ3n) is 2.77. The Morgan fingerprint density at radius 2 is 2.15 bits per heavy atom. The SMILES string of the molecule is CC(C)(C)OC(=O)NCc1cccc(NC2CSC2)c1. The van der Waals surface area contributed by atoms with Gasteiger partial charge in [-0.05, 0) is 38.5 Å². The maximum Gasteiger partial charge on any atom is 0.407 e. The van der Waals surface area contributed by atoms with Crippen molar-refractivity contribution in [3.63, 3.8) is 0 Å². The fraction of sp³-hybridized carbons (Fsp3) is 0.533. The predicted molar refractivity (Wildman–Crippen MR) is 84.3 cm³/mol. The highest BCUT2D eigenvalue weighted by Crippen LogP contribution is 2.22. The van der Waals surface area contributed by atoms with Crippen LogP contribution >= 0.6 is 11.8 Å². The number of amides is 1. The van der Waals surface area contributed by atoms with Gasteiger partial charge in [-0.3, -0.25) is 0 Å². The third kappa shape index (κ3) is 4.96. The predicted octanol–water partition coefficient (Wildman–Crippen LogP) is 3.24. The summed E-state index contributed by atoms with van der Waals surface area (Å²) in [7, 11) is 0. The number of hydrogen-bond donors (Lipinski definition) is 2. The molecule has 1 saturated heterocycles. The highest BCUT2D eigenvalue weighted by molar-refractivity contribution is 8.00. The van der Waals surface area contributed by atoms with E-state index >= 15 is 0 Å². The van der Waals surface area contributed by atoms with Crippen molar-refractivity contribution in [2.75, 3.05) is 16.8 Å². The van der Waals surface area contributed by atoms with Crippen LogP contribution in [0.4, 0.5) is 10.5 Å². The van der Waals surface area contributed by atoms with Crippen molar-refractivity contribution in [1.82, 2.24) is 5.32 Å². The summed E-state index contributed by atoms with van der Waals surface area (Å²) in [6.45, 7) is 6.04. The lowest BCUT2D eigenvalue weighted by atomic mass is 10.2. The van der Waals surface area contributed by atoms with E-state index in [9.17, 15) is 4.79 Å². The Morgan fingerprint density at radius 1 is 1.40 bits per heavy atom. The summed E-state index contributed by atoms with van der Waals surface area (Å²) in [5, 5.41) is 6.25. The molecule has 0 unspecified atom stereocenters. The molecule has 1 aliphatic heterocycles. The number of rotatable bonds is 4. The van der Waals surface area contributed by atoms with Crippen molar-refractivity contribution in [3.05, 3.63) is 29.8 Å². The van der Waals surface area contributed by atoms with E-state index in [1.807, 2.05) is 44.7 Å². The Hall–Kier alpha value is -1.36. The van der Waals surface area contributed by atoms with Crippen LogP contribution in [0.15, 0.2) is 24.3 Å². The number of ether oxygens (including phenoxy) is 1. The Kier molecular flexibility index (Phi) is 4.81. The lowest BCUT2D eigenvalue weighted by Crippen LogP contribution is -2.33. The minimum absolute atomic E-state index is 0.383. The molecule has 1 aliphatic rings. The summed E-state index contributed by atoms with van der Waals surface area (Å²) in [4.78, 5) is 11.6. The number of thioether (sulfide) groups is 1. The van der Waals surface area contributed by atoms with E-state index in [1.54, 1.807) is 0 Å². The zero-order chi connectivity index (χ0) is 14.6. The summed E-state index contributed by atoms with van der Waals surface area (Å²) >= 11 is 1.95. The van der Waals surface area contributed by atoms with E-state index in [4.69, 9.17) is 4.74 Å². The second-order valence-corrected chi connectivity index (χ2v) is 7.01. The summed E-state index contributed by atoms with van der Waals surface area (Å²) in [6, 6.07) is 8.70. The van der Waals surface area contributed by atoms with Gasteiger partial charge in [-0.25, -0.2) is 4.79 Å². The molecule has 1 aromatic rings. The largest absolute Gasteiger partial charge is 0.444 e. The van der Waals surface area contributed by atoms with Crippen molar-refractivity contribution in [3.8, 4) is 0 Å². The van der Waals surface area contributed by atoms with Crippen LogP contribution < -0.4 is 10.6 Å². The topological polar surface area (TPSA) is 50.4 Å². The minimum atomic E-state index is -0.463. The van der Waals surface area contributed by atoms with E-state index < -0.39 is 5.60 Å². The van der Waals surface area contributed by atoms with Crippen LogP contribution in [0.25, 0.3) is 0 Å². The Labute approximate surface area is 124 Å². The molecule has 2 N–H and O–H groups in total. The molecule has 110 valence electrons. The molecule has 5 heteroatoms. The fourth-order valence-corrected chi connectivity index (χ4v) is 2.45. The lowest BCUT2D eigenvalue weighted by Gasteiger charge is -2.27. The van der Waals surface area contributed by atoms with Gasteiger partial charge in [0.1, 0.15) is 5.60 Å². The van der Waals surface area contributed by atoms with Crippen molar-refractivity contribution < 1.29 is 9.53 Å². The quantitative estimate of drug-likeness (QED) is 0.895. The summed E-state index contributed by atoms with van der Waals surface area (Å²) in [5.41, 5.74) is 1.71. The first-order chi connectivity index (χ1) is 9.42. The number of anilines is 1. The molecule has 0 bridgehead atoms. The molecule has 4 nitrogen and oxygen atoms in total. The molecule has 1 fully saturated rings. The highest BCUT2D eigenvalue weighted by Gasteiger charge is 2.18. The monoisotopic (exact) mass is 294 g/mol. The lowest BCUT2D eigenvalue weighted by molar-refractivity contribution is 0.0523. The van der Waals surface area contributed by atoms with Gasteiger partial charge in [0.2, 0.25) is 0 Å². The zero-order valence-corrected chi connectivity index (χ0v) is 13.0. The van der Waals surface area contributed by atoms with Crippen molar-refractivity contribution >= 4 is 23.5 Å². The highest BCUT2D eigenvalue weighted by atomic mass is 32.2. The maximum absolute atomic E-state index is 11.6. The van der Waals surface area contributed by atoms with Crippen LogP contribution in [-0.2, 0) is 11.3 Å². The van der Waals surface area contributed by atoms with Gasteiger partial charge in [0.15, 0.2) is 0 Å². The molecule has 0 radical (unpaired) electrons. The molecule has 0 atom stereocenters. The van der Waals surface area contributed by atoms with Crippen LogP contribution in [0.3, 0.4) is 0 Å². The smallest absolute Gasteiger partial charge is 0.407 e. The molecular weight excluding hydrogens is 272 g/mol. The molecule has 0 saturated carbocycles. The number of alkyl carbamates (subject to hydrolysis) is 1. The number of nitrogens with one attached hydrogen (secondary N) is 2. The minimum Gasteiger partial charge on any atom is -0.444 e. The average molecular weight is 294 g/mol. The Bertz CT molecular complexity index is 467. The van der Waals surface area contributed by atoms with E-state index in [0.717, 1.165) is 11.3 Å². The molecule has 1 heterocycles. The van der Waals surface area contributed by atoms with Crippen LogP contribution in [0.5, 0.6) is 0 Å². The molecule has 1 aromatic carbocycles. The van der Waals surface area contributed by atoms with E-state index in [2.05, 4.69) is 22.8 Å². The Balaban J connectivity index is 1.83. The van der Waals surface area contributed by atoms with Crippen LogP contribution in [0, 0.1) is 0 Å². The standard InChI is InChI=1S/C15H22N2O2S/c1-15(2,3)19-14(18)16-8-11-5-4-6-12(7-11)17-13-9-20-10-13/h4-7,13,17H,8-10H2,1-3H3,(H,16,18). The number of benzene rings is 1. The van der Waals surface area contributed by atoms with Gasteiger partial charge in [0.25, 0.3) is 0 Å². The summed E-state index contributed by atoms with van der Waals surface area (Å²) in [6.07, 6.45) is -0.383. The molecule has 0 aliphatic carbocycles. The molecule has 20 heavy (non-hydrogen) atoms. The number of hydrogen-bond acceptors (Lipinski definition) is 4. The second-order valence-electron chi connectivity index (χ2n) is 5.93. The normalized spacial score (nSPS) is 15.3. The van der Waals surface area contributed by atoms with Crippen LogP contribution in [0.1, 0.15) is 26.3 Å². The first kappa shape index (κ1) is 15.0. The van der Waals surface area contributed by atoms with Crippen molar-refractivity contribution in [2.24, 2.45) is 0 Å². The third-order valence-corrected chi connectivity index (χ3v) is 4.05. The average Bonchev–Trinajstić information content (AvgIpc) is 2.30. The van der Waals surface area contributed by atoms with Gasteiger partial charge >= 0.3 is 6.09 Å². The Morgan fingerprint density at radius 3 is 2.75 bits per heavy atom. The molecule has 0 spiro atoms. The zero-order valence-electron chi connectivity index (χ0n) is 12.2. The van der Waals surface area contributed by atoms with Gasteiger partial charge in [-0.1, -0.05) is 12.1 Å². The molecular formula is C15H22N2O2S. The van der Waals surface area contributed by atoms with Gasteiger partial charge in [0.05, 0.1) is 0 Å². The fourth-order valence-electron chi connectivity index (χ4n) is 1.81. The molecule has 2 rings (SSSR count). The van der Waals surface area contributed by atoms with Crippen LogP contribution in [-0.4, -0.2) is 29.2 Å². The molecule has 0 aromatic heterocycles. The van der Waals surface area contributed by atoms with Gasteiger partial charge in [0, 0.05) is 29.8 Å². The number of carbonyl (C=O) groups is 1. The van der Waals surface area contributed by atoms with Gasteiger partial charge in [-0.2, -0.15) is 11.8 Å². The van der Waals surface area contributed by atoms with E-state index in [-0.39, 0.29) is 6.09 Å². The van der Waals surface area contributed by atoms with E-state index in [0.29, 0.717) is 12.6 Å². The van der Waals surface area contributed by atoms with E-state index in [1.165, 1.54) is 11.5 Å². The molecule has 1 amide bonds. The summed E-state index contributed by atoms with van der Waals surface area (Å²) in [5.74, 6) is 2.33. The second kappa shape index (κ2) is 6.39. The van der Waals surface area contributed by atoms with Gasteiger partial charge < -0.3 is 15.4 Å². The summed E-state index contributed by atoms with van der Waals surface area (Å²) < 4.78 is 5.21. The maximum atomic E-state index is 11.6.